The van der Waals surface area contributed by atoms with Gasteiger partial charge in [-0.1, -0.05) is 47.5 Å². The molecule has 1 aliphatic rings. The Labute approximate surface area is 295 Å². The molecule has 49 heavy (non-hydrogen) atoms. The first-order valence-corrected chi connectivity index (χ1v) is 17.1. The fourth-order valence-electron chi connectivity index (χ4n) is 6.11. The molecule has 2 aromatic heterocycles. The molecular weight excluding hydrogens is 671 g/mol. The molecule has 5 rings (SSSR count). The van der Waals surface area contributed by atoms with Crippen molar-refractivity contribution in [3.63, 3.8) is 0 Å². The average molecular weight is 716 g/mol. The molecule has 4 aromatic rings. The summed E-state index contributed by atoms with van der Waals surface area (Å²) in [5.41, 5.74) is 2.71. The second kappa shape index (κ2) is 16.4. The minimum Gasteiger partial charge on any atom is -0.394 e. The van der Waals surface area contributed by atoms with E-state index in [0.717, 1.165) is 11.1 Å². The summed E-state index contributed by atoms with van der Waals surface area (Å²) in [4.78, 5) is 29.0. The van der Waals surface area contributed by atoms with Crippen LogP contribution in [0.1, 0.15) is 56.8 Å². The summed E-state index contributed by atoms with van der Waals surface area (Å²) in [5, 5.41) is 41.3. The van der Waals surface area contributed by atoms with E-state index in [1.54, 1.807) is 0 Å². The number of halogens is 2. The average Bonchev–Trinajstić information content (AvgIpc) is 3.62. The van der Waals surface area contributed by atoms with Gasteiger partial charge in [0.25, 0.3) is 0 Å². The van der Waals surface area contributed by atoms with Crippen molar-refractivity contribution in [2.75, 3.05) is 31.6 Å². The minimum atomic E-state index is -1.34. The molecule has 0 unspecified atom stereocenters. The number of nitrogens with one attached hydrogen (secondary N) is 3. The Kier molecular flexibility index (Phi) is 12.3. The van der Waals surface area contributed by atoms with Crippen molar-refractivity contribution in [2.45, 2.75) is 76.8 Å². The van der Waals surface area contributed by atoms with Crippen molar-refractivity contribution in [2.24, 2.45) is 0 Å². The highest BCUT2D eigenvalue weighted by molar-refractivity contribution is 6.30. The van der Waals surface area contributed by atoms with Crippen molar-refractivity contribution < 1.29 is 24.9 Å². The third-order valence-electron chi connectivity index (χ3n) is 8.67. The van der Waals surface area contributed by atoms with Crippen LogP contribution in [0.5, 0.6) is 0 Å². The lowest BCUT2D eigenvalue weighted by Gasteiger charge is -2.30. The zero-order valence-corrected chi connectivity index (χ0v) is 29.4. The van der Waals surface area contributed by atoms with Gasteiger partial charge < -0.3 is 36.0 Å². The van der Waals surface area contributed by atoms with E-state index in [4.69, 9.17) is 32.9 Å². The Hall–Kier alpha value is -3.56. The number of carbonyl (C=O) groups excluding carboxylic acids is 1. The molecule has 0 radical (unpaired) electrons. The summed E-state index contributed by atoms with van der Waals surface area (Å²) < 4.78 is 7.28. The number of nitrogens with zero attached hydrogens (tertiary/aromatic N) is 5. The number of carbonyl (C=O) groups is 1. The van der Waals surface area contributed by atoms with Crippen LogP contribution < -0.4 is 16.0 Å². The number of amides is 2. The standard InChI is InChI=1S/C34H44Cl2N8O5/c1-19(2)43(20(3)4)14-13-37-34(48)39-16-27-41-31(28-32(42-27)44(18-40-28)33-30(47)29(46)26(17-45)49-33)38-15-25(21-5-9-23(35)10-6-21)22-7-11-24(36)12-8-22/h5-12,18-20,25-26,29-30,33,45-47H,13-17H2,1-4H3,(H2,37,39,48)(H,38,41,42)/t26-,29-,30+,33-/m1/s1. The van der Waals surface area contributed by atoms with Crippen LogP contribution >= 0.6 is 23.2 Å². The maximum atomic E-state index is 12.8. The number of fused-ring (bicyclic) bond motifs is 1. The van der Waals surface area contributed by atoms with Gasteiger partial charge >= 0.3 is 6.03 Å². The number of aliphatic hydroxyl groups excluding tert-OH is 3. The summed E-state index contributed by atoms with van der Waals surface area (Å²) in [7, 11) is 0. The SMILES string of the molecule is CC(C)N(CCNC(=O)NCc1nc(NCC(c2ccc(Cl)cc2)c2ccc(Cl)cc2)c2ncn([C@@H]3O[C@H](CO)[C@@H](O)[C@@H]3O)c2n1)C(C)C. The van der Waals surface area contributed by atoms with Crippen LogP contribution in [0.3, 0.4) is 0 Å². The van der Waals surface area contributed by atoms with Gasteiger partial charge in [-0.3, -0.25) is 9.47 Å². The number of imidazole rings is 1. The predicted molar refractivity (Wildman–Crippen MR) is 189 cm³/mol. The van der Waals surface area contributed by atoms with Crippen molar-refractivity contribution in [1.29, 1.82) is 0 Å². The van der Waals surface area contributed by atoms with Gasteiger partial charge in [0.05, 0.1) is 19.5 Å². The van der Waals surface area contributed by atoms with Gasteiger partial charge in [-0.05, 0) is 63.1 Å². The van der Waals surface area contributed by atoms with Gasteiger partial charge in [0.2, 0.25) is 0 Å². The molecule has 1 saturated heterocycles. The highest BCUT2D eigenvalue weighted by Gasteiger charge is 2.44. The van der Waals surface area contributed by atoms with Crippen LogP contribution in [-0.4, -0.2) is 102 Å². The first-order chi connectivity index (χ1) is 23.5. The predicted octanol–water partition coefficient (Wildman–Crippen LogP) is 3.91. The summed E-state index contributed by atoms with van der Waals surface area (Å²) in [6, 6.07) is 15.5. The van der Waals surface area contributed by atoms with E-state index >= 15 is 0 Å². The minimum absolute atomic E-state index is 0.00647. The topological polar surface area (TPSA) is 170 Å². The molecule has 15 heteroatoms. The Morgan fingerprint density at radius 3 is 2.10 bits per heavy atom. The smallest absolute Gasteiger partial charge is 0.315 e. The lowest BCUT2D eigenvalue weighted by molar-refractivity contribution is -0.0511. The Morgan fingerprint density at radius 2 is 1.55 bits per heavy atom. The molecule has 3 heterocycles. The molecule has 2 aromatic carbocycles. The fourth-order valence-corrected chi connectivity index (χ4v) is 6.36. The van der Waals surface area contributed by atoms with Crippen LogP contribution in [0.25, 0.3) is 11.2 Å². The molecule has 0 aliphatic carbocycles. The molecule has 1 aliphatic heterocycles. The highest BCUT2D eigenvalue weighted by Crippen LogP contribution is 2.33. The number of aromatic nitrogens is 4. The van der Waals surface area contributed by atoms with Gasteiger partial charge in [-0.2, -0.15) is 0 Å². The van der Waals surface area contributed by atoms with Crippen LogP contribution in [0.2, 0.25) is 10.0 Å². The number of benzene rings is 2. The van der Waals surface area contributed by atoms with Crippen LogP contribution in [-0.2, 0) is 11.3 Å². The second-order valence-corrected chi connectivity index (χ2v) is 13.5. The van der Waals surface area contributed by atoms with Crippen molar-refractivity contribution in [1.82, 2.24) is 35.1 Å². The Balaban J connectivity index is 1.42. The lowest BCUT2D eigenvalue weighted by atomic mass is 9.91. The molecule has 0 spiro atoms. The number of hydrogen-bond donors (Lipinski definition) is 6. The summed E-state index contributed by atoms with van der Waals surface area (Å²) in [5.74, 6) is 0.537. The van der Waals surface area contributed by atoms with Crippen LogP contribution in [0.15, 0.2) is 54.9 Å². The Bertz CT molecular complexity index is 1640. The Morgan fingerprint density at radius 1 is 0.939 bits per heavy atom. The molecule has 264 valence electrons. The van der Waals surface area contributed by atoms with Gasteiger partial charge in [0.15, 0.2) is 29.0 Å². The van der Waals surface area contributed by atoms with Gasteiger partial charge in [-0.25, -0.2) is 19.7 Å². The summed E-state index contributed by atoms with van der Waals surface area (Å²) in [6.45, 7) is 9.56. The number of hydrogen-bond acceptors (Lipinski definition) is 10. The normalized spacial score (nSPS) is 19.4. The lowest BCUT2D eigenvalue weighted by Crippen LogP contribution is -2.44. The number of urea groups is 1. The van der Waals surface area contributed by atoms with E-state index < -0.39 is 31.1 Å². The van der Waals surface area contributed by atoms with Crippen LogP contribution in [0.4, 0.5) is 10.6 Å². The van der Waals surface area contributed by atoms with Crippen molar-refractivity contribution in [3.8, 4) is 0 Å². The number of ether oxygens (including phenoxy) is 1. The molecule has 6 N–H and O–H groups in total. The molecule has 0 bridgehead atoms. The molecule has 0 saturated carbocycles. The highest BCUT2D eigenvalue weighted by atomic mass is 35.5. The van der Waals surface area contributed by atoms with E-state index in [1.807, 2.05) is 48.5 Å². The molecule has 4 atom stereocenters. The molecule has 1 fully saturated rings. The summed E-state index contributed by atoms with van der Waals surface area (Å²) in [6.07, 6.45) is -3.25. The van der Waals surface area contributed by atoms with E-state index in [0.29, 0.717) is 58.7 Å². The van der Waals surface area contributed by atoms with E-state index in [1.165, 1.54) is 10.9 Å². The van der Waals surface area contributed by atoms with E-state index in [-0.39, 0.29) is 24.3 Å². The first-order valence-electron chi connectivity index (χ1n) is 16.3. The number of anilines is 1. The van der Waals surface area contributed by atoms with E-state index in [2.05, 4.69) is 58.5 Å². The zero-order chi connectivity index (χ0) is 35.2. The zero-order valence-electron chi connectivity index (χ0n) is 27.9. The third-order valence-corrected chi connectivity index (χ3v) is 9.17. The maximum Gasteiger partial charge on any atom is 0.315 e. The largest absolute Gasteiger partial charge is 0.394 e. The van der Waals surface area contributed by atoms with Gasteiger partial charge in [-0.15, -0.1) is 0 Å². The van der Waals surface area contributed by atoms with Gasteiger partial charge in [0, 0.05) is 47.7 Å². The quantitative estimate of drug-likeness (QED) is 0.113. The first kappa shape index (κ1) is 36.7. The third kappa shape index (κ3) is 8.79. The van der Waals surface area contributed by atoms with Crippen molar-refractivity contribution >= 4 is 46.2 Å². The number of aliphatic hydroxyl groups is 3. The van der Waals surface area contributed by atoms with E-state index in [9.17, 15) is 20.1 Å². The molecular formula is C34H44Cl2N8O5. The monoisotopic (exact) mass is 714 g/mol. The molecule has 13 nitrogen and oxygen atoms in total. The number of rotatable bonds is 14. The van der Waals surface area contributed by atoms with Gasteiger partial charge in [0.1, 0.15) is 18.3 Å². The van der Waals surface area contributed by atoms with Crippen LogP contribution in [0, 0.1) is 0 Å². The molecule has 2 amide bonds. The maximum absolute atomic E-state index is 12.8. The van der Waals surface area contributed by atoms with Crippen molar-refractivity contribution in [3.05, 3.63) is 81.9 Å². The second-order valence-electron chi connectivity index (χ2n) is 12.6. The summed E-state index contributed by atoms with van der Waals surface area (Å²) >= 11 is 12.4. The fraction of sp³-hybridized carbons (Fsp3) is 0.471.